The van der Waals surface area contributed by atoms with E-state index in [0.717, 1.165) is 0 Å². The molecule has 1 fully saturated rings. The second-order valence-electron chi connectivity index (χ2n) is 3.34. The summed E-state index contributed by atoms with van der Waals surface area (Å²) < 4.78 is 4.76. The minimum absolute atomic E-state index is 0.0445. The summed E-state index contributed by atoms with van der Waals surface area (Å²) in [6, 6.07) is 0. The summed E-state index contributed by atoms with van der Waals surface area (Å²) in [6.07, 6.45) is 8.39. The molecule has 0 radical (unpaired) electrons. The third-order valence-electron chi connectivity index (χ3n) is 2.65. The minimum atomic E-state index is -0.0445. The van der Waals surface area contributed by atoms with Gasteiger partial charge in [-0.25, -0.2) is 0 Å². The van der Waals surface area contributed by atoms with Crippen LogP contribution in [0.5, 0.6) is 0 Å². The van der Waals surface area contributed by atoms with Crippen LogP contribution in [0.4, 0.5) is 0 Å². The van der Waals surface area contributed by atoms with Gasteiger partial charge in [0.05, 0.1) is 12.2 Å². The van der Waals surface area contributed by atoms with E-state index < -0.39 is 0 Å². The topological polar surface area (TPSA) is 26.3 Å². The lowest BCUT2D eigenvalue weighted by Gasteiger charge is -2.11. The summed E-state index contributed by atoms with van der Waals surface area (Å²) in [5.41, 5.74) is 0. The Kier molecular flexibility index (Phi) is 1.68. The lowest BCUT2D eigenvalue weighted by Crippen LogP contribution is -2.16. The Balaban J connectivity index is 2.02. The molecule has 0 bridgehead atoms. The fourth-order valence-corrected chi connectivity index (χ4v) is 2.01. The van der Waals surface area contributed by atoms with Crippen LogP contribution >= 0.6 is 0 Å². The van der Waals surface area contributed by atoms with Crippen LogP contribution < -0.4 is 0 Å². The van der Waals surface area contributed by atoms with Crippen LogP contribution in [-0.4, -0.2) is 5.97 Å². The van der Waals surface area contributed by atoms with Crippen LogP contribution in [0.25, 0.3) is 0 Å². The van der Waals surface area contributed by atoms with Crippen molar-refractivity contribution in [2.75, 3.05) is 0 Å². The molecule has 2 nitrogen and oxygen atoms in total. The number of carbonyl (C=O) groups excluding carboxylic acids is 1. The van der Waals surface area contributed by atoms with Gasteiger partial charge < -0.3 is 4.74 Å². The zero-order valence-corrected chi connectivity index (χ0v) is 6.45. The highest BCUT2D eigenvalue weighted by Crippen LogP contribution is 2.34. The maximum atomic E-state index is 11.1. The molecule has 1 atom stereocenters. The van der Waals surface area contributed by atoms with Crippen molar-refractivity contribution in [3.8, 4) is 0 Å². The number of hydrogen-bond donors (Lipinski definition) is 0. The highest BCUT2D eigenvalue weighted by Gasteiger charge is 2.32. The maximum Gasteiger partial charge on any atom is 0.317 e. The fraction of sp³-hybridized carbons (Fsp3) is 0.667. The lowest BCUT2D eigenvalue weighted by atomic mass is 9.92. The van der Waals surface area contributed by atoms with Gasteiger partial charge >= 0.3 is 5.97 Å². The van der Waals surface area contributed by atoms with Gasteiger partial charge in [-0.2, -0.15) is 0 Å². The van der Waals surface area contributed by atoms with Gasteiger partial charge in [0.1, 0.15) is 0 Å². The maximum absolute atomic E-state index is 11.1. The normalized spacial score (nSPS) is 31.3. The van der Waals surface area contributed by atoms with Crippen molar-refractivity contribution in [2.24, 2.45) is 11.8 Å². The lowest BCUT2D eigenvalue weighted by molar-refractivity contribution is -0.140. The smallest absolute Gasteiger partial charge is 0.317 e. The molecule has 1 unspecified atom stereocenters. The average molecular weight is 152 g/mol. The molecule has 1 heterocycles. The molecular formula is C9H12O2. The Bertz CT molecular complexity index is 190. The van der Waals surface area contributed by atoms with E-state index in [0.29, 0.717) is 5.92 Å². The Labute approximate surface area is 66.2 Å². The highest BCUT2D eigenvalue weighted by molar-refractivity contribution is 5.77. The SMILES string of the molecule is O=C1OC=CC1C1CCCC1. The van der Waals surface area contributed by atoms with Crippen molar-refractivity contribution >= 4 is 5.97 Å². The van der Waals surface area contributed by atoms with Gasteiger partial charge in [0.15, 0.2) is 0 Å². The number of cyclic esters (lactones) is 1. The molecule has 0 aromatic heterocycles. The van der Waals surface area contributed by atoms with Gasteiger partial charge in [-0.3, -0.25) is 4.79 Å². The standard InChI is InChI=1S/C9H12O2/c10-9-8(5-6-11-9)7-3-1-2-4-7/h5-8H,1-4H2. The summed E-state index contributed by atoms with van der Waals surface area (Å²) >= 11 is 0. The molecule has 0 N–H and O–H groups in total. The molecule has 11 heavy (non-hydrogen) atoms. The Morgan fingerprint density at radius 1 is 1.36 bits per heavy atom. The van der Waals surface area contributed by atoms with Crippen LogP contribution in [0.3, 0.4) is 0 Å². The highest BCUT2D eigenvalue weighted by atomic mass is 16.5. The first-order valence-electron chi connectivity index (χ1n) is 4.25. The number of carbonyl (C=O) groups is 1. The van der Waals surface area contributed by atoms with Crippen LogP contribution in [-0.2, 0) is 9.53 Å². The van der Waals surface area contributed by atoms with E-state index in [2.05, 4.69) is 0 Å². The molecule has 2 rings (SSSR count). The molecule has 1 aliphatic heterocycles. The van der Waals surface area contributed by atoms with E-state index in [1.54, 1.807) is 0 Å². The molecule has 0 spiro atoms. The summed E-state index contributed by atoms with van der Waals surface area (Å²) in [7, 11) is 0. The van der Waals surface area contributed by atoms with Crippen molar-refractivity contribution in [1.29, 1.82) is 0 Å². The molecule has 2 aliphatic rings. The van der Waals surface area contributed by atoms with Gasteiger partial charge in [0.2, 0.25) is 0 Å². The summed E-state index contributed by atoms with van der Waals surface area (Å²) in [5.74, 6) is 0.607. The van der Waals surface area contributed by atoms with Gasteiger partial charge in [-0.15, -0.1) is 0 Å². The number of rotatable bonds is 1. The molecule has 0 amide bonds. The second-order valence-corrected chi connectivity index (χ2v) is 3.34. The van der Waals surface area contributed by atoms with Crippen molar-refractivity contribution in [1.82, 2.24) is 0 Å². The molecule has 2 heteroatoms. The number of ether oxygens (including phenoxy) is 1. The van der Waals surface area contributed by atoms with E-state index in [1.165, 1.54) is 31.9 Å². The Hall–Kier alpha value is -0.790. The van der Waals surface area contributed by atoms with Crippen LogP contribution in [0.15, 0.2) is 12.3 Å². The average Bonchev–Trinajstić information content (AvgIpc) is 2.55. The van der Waals surface area contributed by atoms with Gasteiger partial charge in [0.25, 0.3) is 0 Å². The first kappa shape index (κ1) is 6.89. The van der Waals surface area contributed by atoms with Crippen LogP contribution in [0.2, 0.25) is 0 Å². The third-order valence-corrected chi connectivity index (χ3v) is 2.65. The van der Waals surface area contributed by atoms with E-state index in [1.807, 2.05) is 6.08 Å². The van der Waals surface area contributed by atoms with Crippen LogP contribution in [0.1, 0.15) is 25.7 Å². The van der Waals surface area contributed by atoms with Gasteiger partial charge in [-0.05, 0) is 24.8 Å². The molecule has 1 aliphatic carbocycles. The van der Waals surface area contributed by atoms with Crippen molar-refractivity contribution in [2.45, 2.75) is 25.7 Å². The van der Waals surface area contributed by atoms with Gasteiger partial charge in [0, 0.05) is 0 Å². The van der Waals surface area contributed by atoms with E-state index in [9.17, 15) is 4.79 Å². The zero-order valence-electron chi connectivity index (χ0n) is 6.45. The quantitative estimate of drug-likeness (QED) is 0.536. The third kappa shape index (κ3) is 1.17. The van der Waals surface area contributed by atoms with Crippen molar-refractivity contribution < 1.29 is 9.53 Å². The summed E-state index contributed by atoms with van der Waals surface area (Å²) in [5, 5.41) is 0. The molecule has 0 aromatic rings. The van der Waals surface area contributed by atoms with E-state index in [-0.39, 0.29) is 11.9 Å². The second kappa shape index (κ2) is 2.68. The molecule has 0 aromatic carbocycles. The predicted molar refractivity (Wildman–Crippen MR) is 40.7 cm³/mol. The van der Waals surface area contributed by atoms with E-state index >= 15 is 0 Å². The van der Waals surface area contributed by atoms with E-state index in [4.69, 9.17) is 4.74 Å². The zero-order chi connectivity index (χ0) is 7.68. The van der Waals surface area contributed by atoms with Crippen molar-refractivity contribution in [3.05, 3.63) is 12.3 Å². The largest absolute Gasteiger partial charge is 0.434 e. The van der Waals surface area contributed by atoms with Gasteiger partial charge in [-0.1, -0.05) is 12.8 Å². The summed E-state index contributed by atoms with van der Waals surface area (Å²) in [6.45, 7) is 0. The first-order valence-corrected chi connectivity index (χ1v) is 4.25. The number of esters is 1. The predicted octanol–water partition coefficient (Wildman–Crippen LogP) is 1.86. The molecular weight excluding hydrogens is 140 g/mol. The Morgan fingerprint density at radius 3 is 2.64 bits per heavy atom. The summed E-state index contributed by atoms with van der Waals surface area (Å²) in [4.78, 5) is 11.1. The molecule has 60 valence electrons. The fourth-order valence-electron chi connectivity index (χ4n) is 2.01. The van der Waals surface area contributed by atoms with Crippen LogP contribution in [0, 0.1) is 11.8 Å². The number of hydrogen-bond acceptors (Lipinski definition) is 2. The first-order chi connectivity index (χ1) is 5.38. The van der Waals surface area contributed by atoms with Crippen molar-refractivity contribution in [3.63, 3.8) is 0 Å². The Morgan fingerprint density at radius 2 is 2.09 bits per heavy atom. The molecule has 0 saturated heterocycles. The minimum Gasteiger partial charge on any atom is -0.434 e. The molecule has 1 saturated carbocycles. The monoisotopic (exact) mass is 152 g/mol.